The van der Waals surface area contributed by atoms with Crippen LogP contribution in [0.25, 0.3) is 0 Å². The summed E-state index contributed by atoms with van der Waals surface area (Å²) in [6, 6.07) is 5.08. The van der Waals surface area contributed by atoms with E-state index in [0.29, 0.717) is 19.0 Å². The molecule has 2 rings (SSSR count). The Bertz CT molecular complexity index is 382. The van der Waals surface area contributed by atoms with Crippen molar-refractivity contribution in [2.75, 3.05) is 18.5 Å². The van der Waals surface area contributed by atoms with Crippen molar-refractivity contribution >= 4 is 11.7 Å². The molecule has 2 heterocycles. The summed E-state index contributed by atoms with van der Waals surface area (Å²) in [6.45, 7) is 2.59. The largest absolute Gasteiger partial charge is 0.379 e. The van der Waals surface area contributed by atoms with Crippen molar-refractivity contribution < 1.29 is 9.53 Å². The van der Waals surface area contributed by atoms with Gasteiger partial charge in [0.25, 0.3) is 0 Å². The van der Waals surface area contributed by atoms with Gasteiger partial charge in [-0.3, -0.25) is 4.79 Å². The second kappa shape index (κ2) is 4.19. The third-order valence-electron chi connectivity index (χ3n) is 2.94. The maximum atomic E-state index is 12.0. The second-order valence-electron chi connectivity index (χ2n) is 4.21. The highest BCUT2D eigenvalue weighted by Crippen LogP contribution is 2.28. The number of carbonyl (C=O) groups excluding carboxylic acids is 1. The molecule has 3 N–H and O–H groups in total. The van der Waals surface area contributed by atoms with Gasteiger partial charge in [-0.25, -0.2) is 4.98 Å². The van der Waals surface area contributed by atoms with Gasteiger partial charge < -0.3 is 15.8 Å². The molecule has 5 heteroatoms. The zero-order valence-electron chi connectivity index (χ0n) is 9.14. The van der Waals surface area contributed by atoms with Crippen LogP contribution in [-0.4, -0.2) is 30.1 Å². The molecule has 0 bridgehead atoms. The summed E-state index contributed by atoms with van der Waals surface area (Å²) in [4.78, 5) is 16.1. The molecule has 86 valence electrons. The number of aromatic nitrogens is 1. The number of nitrogens with one attached hydrogen (secondary N) is 1. The number of ether oxygens (including phenoxy) is 1. The van der Waals surface area contributed by atoms with E-state index in [1.165, 1.54) is 0 Å². The average Bonchev–Trinajstić information content (AvgIpc) is 2.62. The first-order valence-electron chi connectivity index (χ1n) is 5.19. The zero-order chi connectivity index (χ0) is 11.6. The lowest BCUT2D eigenvalue weighted by atomic mass is 9.85. The van der Waals surface area contributed by atoms with E-state index in [2.05, 4.69) is 10.3 Å². The molecule has 0 radical (unpaired) electrons. The van der Waals surface area contributed by atoms with Crippen LogP contribution in [0.2, 0.25) is 0 Å². The Balaban J connectivity index is 2.09. The molecule has 1 fully saturated rings. The molecule has 0 aliphatic carbocycles. The molecule has 0 aromatic carbocycles. The highest BCUT2D eigenvalue weighted by Gasteiger charge is 2.44. The average molecular weight is 221 g/mol. The Morgan fingerprint density at radius 3 is 3.06 bits per heavy atom. The Labute approximate surface area is 94.0 Å². The summed E-state index contributed by atoms with van der Waals surface area (Å²) in [5.74, 6) is 0.393. The number of nitrogens with two attached hydrogens (primary N) is 1. The van der Waals surface area contributed by atoms with Crippen LogP contribution in [0.4, 0.5) is 5.82 Å². The van der Waals surface area contributed by atoms with Crippen molar-refractivity contribution in [2.45, 2.75) is 13.0 Å². The summed E-state index contributed by atoms with van der Waals surface area (Å²) in [7, 11) is 0. The molecule has 1 amide bonds. The Morgan fingerprint density at radius 2 is 2.50 bits per heavy atom. The van der Waals surface area contributed by atoms with E-state index in [9.17, 15) is 4.79 Å². The quantitative estimate of drug-likeness (QED) is 0.757. The van der Waals surface area contributed by atoms with Gasteiger partial charge in [-0.05, 0) is 19.1 Å². The fourth-order valence-corrected chi connectivity index (χ4v) is 1.62. The highest BCUT2D eigenvalue weighted by molar-refractivity contribution is 5.95. The van der Waals surface area contributed by atoms with Crippen molar-refractivity contribution in [1.82, 2.24) is 4.98 Å². The number of hydrogen-bond donors (Lipinski definition) is 2. The third kappa shape index (κ3) is 1.91. The van der Waals surface area contributed by atoms with Gasteiger partial charge >= 0.3 is 0 Å². The zero-order valence-corrected chi connectivity index (χ0v) is 9.14. The molecule has 5 nitrogen and oxygen atoms in total. The van der Waals surface area contributed by atoms with Gasteiger partial charge in [-0.1, -0.05) is 6.07 Å². The predicted octanol–water partition coefficient (Wildman–Crippen LogP) is 0.384. The van der Waals surface area contributed by atoms with Crippen molar-refractivity contribution in [3.05, 3.63) is 24.4 Å². The number of rotatable bonds is 2. The molecule has 2 unspecified atom stereocenters. The van der Waals surface area contributed by atoms with E-state index in [1.54, 1.807) is 18.3 Å². The maximum absolute atomic E-state index is 12.0. The summed E-state index contributed by atoms with van der Waals surface area (Å²) < 4.78 is 5.22. The molecular formula is C11H15N3O2. The first-order valence-corrected chi connectivity index (χ1v) is 5.19. The van der Waals surface area contributed by atoms with E-state index in [4.69, 9.17) is 10.5 Å². The van der Waals surface area contributed by atoms with Crippen LogP contribution >= 0.6 is 0 Å². The molecule has 2 atom stereocenters. The summed E-state index contributed by atoms with van der Waals surface area (Å²) in [5, 5.41) is 2.74. The predicted molar refractivity (Wildman–Crippen MR) is 59.8 cm³/mol. The van der Waals surface area contributed by atoms with E-state index < -0.39 is 5.41 Å². The van der Waals surface area contributed by atoms with Crippen LogP contribution in [0.15, 0.2) is 24.4 Å². The van der Waals surface area contributed by atoms with Crippen LogP contribution < -0.4 is 11.1 Å². The molecule has 16 heavy (non-hydrogen) atoms. The third-order valence-corrected chi connectivity index (χ3v) is 2.94. The van der Waals surface area contributed by atoms with E-state index in [-0.39, 0.29) is 11.9 Å². The normalized spacial score (nSPS) is 29.0. The smallest absolute Gasteiger partial charge is 0.235 e. The Kier molecular flexibility index (Phi) is 2.89. The van der Waals surface area contributed by atoms with Gasteiger partial charge in [0.1, 0.15) is 5.82 Å². The van der Waals surface area contributed by atoms with Crippen LogP contribution in [0.5, 0.6) is 0 Å². The first kappa shape index (κ1) is 11.0. The number of nitrogens with zero attached hydrogens (tertiary/aromatic N) is 1. The molecule has 0 spiro atoms. The molecule has 1 aliphatic heterocycles. The fourth-order valence-electron chi connectivity index (χ4n) is 1.62. The Hall–Kier alpha value is -1.46. The van der Waals surface area contributed by atoms with Crippen molar-refractivity contribution in [1.29, 1.82) is 0 Å². The first-order chi connectivity index (χ1) is 7.63. The SMILES string of the molecule is CC1(C(=O)Nc2ccccn2)COCC1N. The number of pyridine rings is 1. The van der Waals surface area contributed by atoms with Crippen LogP contribution in [0.3, 0.4) is 0 Å². The van der Waals surface area contributed by atoms with Gasteiger partial charge in [-0.2, -0.15) is 0 Å². The lowest BCUT2D eigenvalue weighted by molar-refractivity contribution is -0.125. The topological polar surface area (TPSA) is 77.2 Å². The molecule has 1 saturated heterocycles. The van der Waals surface area contributed by atoms with Crippen molar-refractivity contribution in [3.63, 3.8) is 0 Å². The van der Waals surface area contributed by atoms with E-state index in [1.807, 2.05) is 13.0 Å². The summed E-state index contributed by atoms with van der Waals surface area (Å²) in [5.41, 5.74) is 5.19. The van der Waals surface area contributed by atoms with Crippen LogP contribution in [-0.2, 0) is 9.53 Å². The lowest BCUT2D eigenvalue weighted by Gasteiger charge is -2.24. The fraction of sp³-hybridized carbons (Fsp3) is 0.455. The van der Waals surface area contributed by atoms with E-state index in [0.717, 1.165) is 0 Å². The minimum Gasteiger partial charge on any atom is -0.379 e. The van der Waals surface area contributed by atoms with Crippen LogP contribution in [0.1, 0.15) is 6.92 Å². The molecule has 0 saturated carbocycles. The number of carbonyl (C=O) groups is 1. The van der Waals surface area contributed by atoms with Gasteiger partial charge in [0.2, 0.25) is 5.91 Å². The van der Waals surface area contributed by atoms with Crippen molar-refractivity contribution in [3.8, 4) is 0 Å². The monoisotopic (exact) mass is 221 g/mol. The number of amides is 1. The minimum absolute atomic E-state index is 0.142. The second-order valence-corrected chi connectivity index (χ2v) is 4.21. The number of hydrogen-bond acceptors (Lipinski definition) is 4. The molecule has 1 aliphatic rings. The highest BCUT2D eigenvalue weighted by atomic mass is 16.5. The number of anilines is 1. The van der Waals surface area contributed by atoms with Crippen LogP contribution in [0, 0.1) is 5.41 Å². The standard InChI is InChI=1S/C11H15N3O2/c1-11(7-16-6-8(11)12)10(15)14-9-4-2-3-5-13-9/h2-5,8H,6-7,12H2,1H3,(H,13,14,15). The molecule has 1 aromatic heterocycles. The van der Waals surface area contributed by atoms with E-state index >= 15 is 0 Å². The molecule has 1 aromatic rings. The lowest BCUT2D eigenvalue weighted by Crippen LogP contribution is -2.47. The van der Waals surface area contributed by atoms with Gasteiger partial charge in [0, 0.05) is 12.2 Å². The summed E-state index contributed by atoms with van der Waals surface area (Å²) >= 11 is 0. The Morgan fingerprint density at radius 1 is 1.69 bits per heavy atom. The van der Waals surface area contributed by atoms with Crippen molar-refractivity contribution in [2.24, 2.45) is 11.1 Å². The minimum atomic E-state index is -0.669. The van der Waals surface area contributed by atoms with Gasteiger partial charge in [0.05, 0.1) is 18.6 Å². The molecular weight excluding hydrogens is 206 g/mol. The van der Waals surface area contributed by atoms with Gasteiger partial charge in [-0.15, -0.1) is 0 Å². The van der Waals surface area contributed by atoms with Gasteiger partial charge in [0.15, 0.2) is 0 Å². The summed E-state index contributed by atoms with van der Waals surface area (Å²) in [6.07, 6.45) is 1.63. The maximum Gasteiger partial charge on any atom is 0.235 e.